The Hall–Kier alpha value is -2.10. The number of aliphatic hydroxyl groups is 1. The standard InChI is InChI=1S/C23H32N2O4/c1-22(2,3)29-21(26)25-18-9-10-19-17(11-18)12-23(27,15-24)20(19)14-28-13-16-7-5-4-6-8-16/h4-8,17-20,27H,9-14H2,1-3H3,(H,25,26)/t17-,18?,19+,20-,23?/m0/s1. The van der Waals surface area contributed by atoms with E-state index in [9.17, 15) is 15.2 Å². The number of benzene rings is 1. The second kappa shape index (κ2) is 8.73. The van der Waals surface area contributed by atoms with Crippen molar-refractivity contribution < 1.29 is 19.4 Å². The predicted octanol–water partition coefficient (Wildman–Crippen LogP) is 3.79. The first-order chi connectivity index (χ1) is 13.7. The summed E-state index contributed by atoms with van der Waals surface area (Å²) in [6.45, 7) is 6.36. The Morgan fingerprint density at radius 1 is 1.31 bits per heavy atom. The van der Waals surface area contributed by atoms with Crippen LogP contribution in [0.1, 0.15) is 52.0 Å². The van der Waals surface area contributed by atoms with Gasteiger partial charge in [0.15, 0.2) is 5.60 Å². The first-order valence-electron chi connectivity index (χ1n) is 10.4. The van der Waals surface area contributed by atoms with Crippen LogP contribution in [0.3, 0.4) is 0 Å². The summed E-state index contributed by atoms with van der Waals surface area (Å²) in [5.74, 6) is 0.217. The van der Waals surface area contributed by atoms with Gasteiger partial charge in [0.1, 0.15) is 5.60 Å². The molecule has 0 heterocycles. The maximum absolute atomic E-state index is 12.1. The quantitative estimate of drug-likeness (QED) is 0.734. The van der Waals surface area contributed by atoms with Crippen molar-refractivity contribution in [3.05, 3.63) is 35.9 Å². The molecule has 158 valence electrons. The third-order valence-electron chi connectivity index (χ3n) is 6.07. The van der Waals surface area contributed by atoms with Crippen molar-refractivity contribution in [3.63, 3.8) is 0 Å². The fourth-order valence-corrected chi connectivity index (χ4v) is 4.83. The van der Waals surface area contributed by atoms with E-state index in [1.807, 2.05) is 51.1 Å². The first-order valence-corrected chi connectivity index (χ1v) is 10.4. The highest BCUT2D eigenvalue weighted by Gasteiger charge is 2.54. The molecule has 2 aliphatic rings. The molecule has 0 aliphatic heterocycles. The van der Waals surface area contributed by atoms with E-state index in [4.69, 9.17) is 9.47 Å². The van der Waals surface area contributed by atoms with E-state index >= 15 is 0 Å². The second-order valence-electron chi connectivity index (χ2n) is 9.43. The average Bonchev–Trinajstić information content (AvgIpc) is 2.93. The molecule has 2 aliphatic carbocycles. The van der Waals surface area contributed by atoms with Crippen LogP contribution in [0.5, 0.6) is 0 Å². The van der Waals surface area contributed by atoms with Crippen molar-refractivity contribution in [3.8, 4) is 6.07 Å². The molecule has 0 saturated heterocycles. The third-order valence-corrected chi connectivity index (χ3v) is 6.07. The number of hydrogen-bond acceptors (Lipinski definition) is 5. The fraction of sp³-hybridized carbons (Fsp3) is 0.652. The largest absolute Gasteiger partial charge is 0.444 e. The summed E-state index contributed by atoms with van der Waals surface area (Å²) in [6, 6.07) is 12.1. The van der Waals surface area contributed by atoms with Gasteiger partial charge < -0.3 is 19.9 Å². The SMILES string of the molecule is CC(C)(C)OC(=O)NC1CC[C@@H]2[C@@H](C1)CC(O)(C#N)[C@H]2COCc1ccccc1. The number of alkyl carbamates (subject to hydrolysis) is 1. The predicted molar refractivity (Wildman–Crippen MR) is 109 cm³/mol. The molecule has 29 heavy (non-hydrogen) atoms. The van der Waals surface area contributed by atoms with Crippen LogP contribution in [0.2, 0.25) is 0 Å². The number of amides is 1. The fourth-order valence-electron chi connectivity index (χ4n) is 4.83. The van der Waals surface area contributed by atoms with E-state index in [-0.39, 0.29) is 23.8 Å². The smallest absolute Gasteiger partial charge is 0.407 e. The van der Waals surface area contributed by atoms with Crippen LogP contribution in [-0.2, 0) is 16.1 Å². The minimum Gasteiger partial charge on any atom is -0.444 e. The number of ether oxygens (including phenoxy) is 2. The zero-order valence-corrected chi connectivity index (χ0v) is 17.6. The summed E-state index contributed by atoms with van der Waals surface area (Å²) in [7, 11) is 0. The van der Waals surface area contributed by atoms with Gasteiger partial charge in [0.2, 0.25) is 0 Å². The average molecular weight is 401 g/mol. The highest BCUT2D eigenvalue weighted by molar-refractivity contribution is 5.68. The summed E-state index contributed by atoms with van der Waals surface area (Å²) in [4.78, 5) is 12.1. The maximum Gasteiger partial charge on any atom is 0.407 e. The number of nitrogens with one attached hydrogen (secondary N) is 1. The van der Waals surface area contributed by atoms with Gasteiger partial charge in [-0.1, -0.05) is 30.3 Å². The van der Waals surface area contributed by atoms with E-state index in [1.165, 1.54) is 0 Å². The molecule has 6 heteroatoms. The zero-order chi connectivity index (χ0) is 21.1. The second-order valence-corrected chi connectivity index (χ2v) is 9.43. The van der Waals surface area contributed by atoms with Gasteiger partial charge >= 0.3 is 6.09 Å². The van der Waals surface area contributed by atoms with Crippen molar-refractivity contribution in [1.82, 2.24) is 5.32 Å². The van der Waals surface area contributed by atoms with E-state index in [2.05, 4.69) is 11.4 Å². The Morgan fingerprint density at radius 2 is 2.03 bits per heavy atom. The molecular weight excluding hydrogens is 368 g/mol. The maximum atomic E-state index is 12.1. The van der Waals surface area contributed by atoms with Gasteiger partial charge in [-0.3, -0.25) is 0 Å². The van der Waals surface area contributed by atoms with E-state index in [1.54, 1.807) is 0 Å². The summed E-state index contributed by atoms with van der Waals surface area (Å²) < 4.78 is 11.3. The van der Waals surface area contributed by atoms with Crippen LogP contribution in [0.4, 0.5) is 4.79 Å². The highest BCUT2D eigenvalue weighted by Crippen LogP contribution is 2.51. The molecule has 2 fully saturated rings. The molecule has 2 unspecified atom stereocenters. The monoisotopic (exact) mass is 400 g/mol. The molecule has 1 aromatic rings. The molecule has 2 saturated carbocycles. The molecule has 1 aromatic carbocycles. The molecule has 0 aromatic heterocycles. The lowest BCUT2D eigenvalue weighted by Gasteiger charge is -2.35. The Kier molecular flexibility index (Phi) is 6.50. The van der Waals surface area contributed by atoms with Gasteiger partial charge in [-0.15, -0.1) is 0 Å². The normalized spacial score (nSPS) is 31.6. The number of hydrogen-bond donors (Lipinski definition) is 2. The molecule has 3 rings (SSSR count). The Balaban J connectivity index is 1.57. The topological polar surface area (TPSA) is 91.6 Å². The lowest BCUT2D eigenvalue weighted by Crippen LogP contribution is -2.43. The molecule has 0 spiro atoms. The highest BCUT2D eigenvalue weighted by atomic mass is 16.6. The summed E-state index contributed by atoms with van der Waals surface area (Å²) in [5, 5.41) is 23.6. The van der Waals surface area contributed by atoms with Gasteiger partial charge in [-0.05, 0) is 63.9 Å². The van der Waals surface area contributed by atoms with Crippen molar-refractivity contribution in [2.24, 2.45) is 17.8 Å². The number of nitriles is 1. The van der Waals surface area contributed by atoms with Crippen LogP contribution in [0, 0.1) is 29.1 Å². The molecule has 5 atom stereocenters. The molecule has 2 N–H and O–H groups in total. The summed E-state index contributed by atoms with van der Waals surface area (Å²) >= 11 is 0. The van der Waals surface area contributed by atoms with Crippen molar-refractivity contribution >= 4 is 6.09 Å². The number of carbonyl (C=O) groups is 1. The molecule has 0 bridgehead atoms. The van der Waals surface area contributed by atoms with Crippen LogP contribution < -0.4 is 5.32 Å². The van der Waals surface area contributed by atoms with Crippen molar-refractivity contribution in [1.29, 1.82) is 5.26 Å². The lowest BCUT2D eigenvalue weighted by atomic mass is 9.75. The Bertz CT molecular complexity index is 739. The minimum atomic E-state index is -1.37. The third kappa shape index (κ3) is 5.49. The van der Waals surface area contributed by atoms with Gasteiger partial charge in [0.05, 0.1) is 19.3 Å². The minimum absolute atomic E-state index is 0.0121. The summed E-state index contributed by atoms with van der Waals surface area (Å²) in [6.07, 6.45) is 2.45. The van der Waals surface area contributed by atoms with E-state index in [0.29, 0.717) is 19.6 Å². The van der Waals surface area contributed by atoms with Crippen LogP contribution in [-0.4, -0.2) is 35.1 Å². The number of fused-ring (bicyclic) bond motifs is 1. The van der Waals surface area contributed by atoms with Gasteiger partial charge in [0, 0.05) is 12.0 Å². The number of nitrogens with zero attached hydrogens (tertiary/aromatic N) is 1. The van der Waals surface area contributed by atoms with Crippen molar-refractivity contribution in [2.75, 3.05) is 6.61 Å². The van der Waals surface area contributed by atoms with Crippen molar-refractivity contribution in [2.45, 2.75) is 70.3 Å². The number of carbonyl (C=O) groups excluding carboxylic acids is 1. The number of rotatable bonds is 5. The van der Waals surface area contributed by atoms with Gasteiger partial charge in [0.25, 0.3) is 0 Å². The Labute approximate surface area is 173 Å². The van der Waals surface area contributed by atoms with E-state index in [0.717, 1.165) is 24.8 Å². The zero-order valence-electron chi connectivity index (χ0n) is 17.6. The molecular formula is C23H32N2O4. The van der Waals surface area contributed by atoms with E-state index < -0.39 is 17.3 Å². The molecule has 0 radical (unpaired) electrons. The van der Waals surface area contributed by atoms with Gasteiger partial charge in [-0.25, -0.2) is 4.79 Å². The van der Waals surface area contributed by atoms with Crippen LogP contribution in [0.25, 0.3) is 0 Å². The van der Waals surface area contributed by atoms with Crippen LogP contribution >= 0.6 is 0 Å². The summed E-state index contributed by atoms with van der Waals surface area (Å²) in [5.41, 5.74) is -0.822. The first kappa shape index (κ1) is 21.6. The Morgan fingerprint density at radius 3 is 2.69 bits per heavy atom. The van der Waals surface area contributed by atoms with Gasteiger partial charge in [-0.2, -0.15) is 5.26 Å². The molecule has 1 amide bonds. The van der Waals surface area contributed by atoms with Crippen LogP contribution in [0.15, 0.2) is 30.3 Å². The lowest BCUT2D eigenvalue weighted by molar-refractivity contribution is -0.0183. The molecule has 6 nitrogen and oxygen atoms in total.